The molecule has 33 heavy (non-hydrogen) atoms. The lowest BCUT2D eigenvalue weighted by Gasteiger charge is -2.17. The maximum Gasteiger partial charge on any atom is 0.343 e. The zero-order valence-corrected chi connectivity index (χ0v) is 20.0. The second-order valence-electron chi connectivity index (χ2n) is 8.58. The Morgan fingerprint density at radius 3 is 2.03 bits per heavy atom. The number of Topliss-reactive ketones (excluding diaryl/α,β-unsaturated/α-hetero) is 1. The van der Waals surface area contributed by atoms with E-state index in [-0.39, 0.29) is 46.6 Å². The second kappa shape index (κ2) is 10.4. The first-order valence-electron chi connectivity index (χ1n) is 10.8. The molecule has 178 valence electrons. The Labute approximate surface area is 193 Å². The van der Waals surface area contributed by atoms with Gasteiger partial charge in [0.1, 0.15) is 34.3 Å². The fourth-order valence-corrected chi connectivity index (χ4v) is 3.58. The van der Waals surface area contributed by atoms with Crippen LogP contribution in [0.3, 0.4) is 0 Å². The summed E-state index contributed by atoms with van der Waals surface area (Å²) in [5, 5.41) is 42.7. The molecule has 1 aromatic heterocycles. The second-order valence-corrected chi connectivity index (χ2v) is 8.58. The predicted octanol–water partition coefficient (Wildman–Crippen LogP) is 5.11. The topological polar surface area (TPSA) is 128 Å². The largest absolute Gasteiger partial charge is 0.507 e. The van der Waals surface area contributed by atoms with Crippen molar-refractivity contribution in [3.8, 4) is 23.0 Å². The van der Waals surface area contributed by atoms with E-state index < -0.39 is 28.7 Å². The standard InChI is InChI=1S/C26H32O7/c1-13(2)8-7-9-14(3)10-11-18-23(29)19(25(31)21(16(5)27)24(18)30)12-20-22(28)15(4)17(6)33-26(20)32/h8,10,28-31H,7,9,11-12H2,1-6H3/b14-10+. The third-order valence-corrected chi connectivity index (χ3v) is 5.73. The van der Waals surface area contributed by atoms with E-state index in [0.717, 1.165) is 18.4 Å². The molecule has 0 aliphatic carbocycles. The number of hydrogen-bond acceptors (Lipinski definition) is 7. The van der Waals surface area contributed by atoms with Crippen LogP contribution in [0.15, 0.2) is 32.5 Å². The molecule has 7 nitrogen and oxygen atoms in total. The Kier molecular flexibility index (Phi) is 8.14. The van der Waals surface area contributed by atoms with Crippen LogP contribution in [0.5, 0.6) is 23.0 Å². The molecule has 1 heterocycles. The zero-order chi connectivity index (χ0) is 25.0. The van der Waals surface area contributed by atoms with Gasteiger partial charge in [0, 0.05) is 23.1 Å². The first-order valence-corrected chi connectivity index (χ1v) is 10.8. The van der Waals surface area contributed by atoms with E-state index in [4.69, 9.17) is 4.42 Å². The third-order valence-electron chi connectivity index (χ3n) is 5.73. The van der Waals surface area contributed by atoms with Gasteiger partial charge in [-0.3, -0.25) is 4.79 Å². The Hall–Kier alpha value is -3.48. The first kappa shape index (κ1) is 25.8. The summed E-state index contributed by atoms with van der Waals surface area (Å²) in [5.41, 5.74) is 1.18. The number of carbonyl (C=O) groups is 1. The average Bonchev–Trinajstić information content (AvgIpc) is 2.70. The van der Waals surface area contributed by atoms with Gasteiger partial charge >= 0.3 is 5.63 Å². The van der Waals surface area contributed by atoms with Gasteiger partial charge in [0.25, 0.3) is 0 Å². The van der Waals surface area contributed by atoms with Gasteiger partial charge in [-0.05, 0) is 60.8 Å². The molecule has 0 atom stereocenters. The molecule has 0 aliphatic heterocycles. The Balaban J connectivity index is 2.59. The SMILES string of the molecule is CC(=O)c1c(O)c(C/C=C(\C)CCC=C(C)C)c(O)c(Cc2c(O)c(C)c(C)oc2=O)c1O. The number of carbonyl (C=O) groups excluding carboxylic acids is 1. The van der Waals surface area contributed by atoms with Crippen molar-refractivity contribution in [2.45, 2.75) is 67.2 Å². The summed E-state index contributed by atoms with van der Waals surface area (Å²) in [7, 11) is 0. The number of aryl methyl sites for hydroxylation is 1. The molecule has 0 amide bonds. The summed E-state index contributed by atoms with van der Waals surface area (Å²) >= 11 is 0. The normalized spacial score (nSPS) is 11.5. The molecular weight excluding hydrogens is 424 g/mol. The highest BCUT2D eigenvalue weighted by Gasteiger charge is 2.27. The number of allylic oxidation sites excluding steroid dienone is 4. The van der Waals surface area contributed by atoms with E-state index in [2.05, 4.69) is 6.08 Å². The fourth-order valence-electron chi connectivity index (χ4n) is 3.58. The lowest BCUT2D eigenvalue weighted by atomic mass is 9.92. The van der Waals surface area contributed by atoms with Crippen molar-refractivity contribution in [1.29, 1.82) is 0 Å². The molecule has 2 rings (SSSR count). The first-order chi connectivity index (χ1) is 15.4. The molecule has 0 saturated carbocycles. The predicted molar refractivity (Wildman–Crippen MR) is 126 cm³/mol. The minimum Gasteiger partial charge on any atom is -0.507 e. The highest BCUT2D eigenvalue weighted by atomic mass is 16.4. The molecule has 0 radical (unpaired) electrons. The molecule has 0 bridgehead atoms. The highest BCUT2D eigenvalue weighted by molar-refractivity contribution is 6.01. The zero-order valence-electron chi connectivity index (χ0n) is 20.0. The van der Waals surface area contributed by atoms with Crippen LogP contribution in [-0.2, 0) is 12.8 Å². The minimum atomic E-state index is -0.816. The number of hydrogen-bond donors (Lipinski definition) is 4. The summed E-state index contributed by atoms with van der Waals surface area (Å²) in [6, 6.07) is 0. The van der Waals surface area contributed by atoms with Crippen LogP contribution in [0, 0.1) is 13.8 Å². The molecule has 2 aromatic rings. The maximum atomic E-state index is 12.4. The number of ketones is 1. The van der Waals surface area contributed by atoms with Crippen molar-refractivity contribution in [2.24, 2.45) is 0 Å². The molecule has 0 spiro atoms. The van der Waals surface area contributed by atoms with Gasteiger partial charge in [0.05, 0.1) is 5.56 Å². The lowest BCUT2D eigenvalue weighted by Crippen LogP contribution is -2.12. The van der Waals surface area contributed by atoms with E-state index in [1.54, 1.807) is 6.92 Å². The summed E-state index contributed by atoms with van der Waals surface area (Å²) in [6.45, 7) is 10.3. The van der Waals surface area contributed by atoms with Crippen LogP contribution in [0.4, 0.5) is 0 Å². The van der Waals surface area contributed by atoms with Gasteiger partial charge in [0.15, 0.2) is 5.78 Å². The molecule has 7 heteroatoms. The van der Waals surface area contributed by atoms with Gasteiger partial charge in [-0.25, -0.2) is 4.79 Å². The Bertz CT molecular complexity index is 1190. The molecule has 4 N–H and O–H groups in total. The molecular formula is C26H32O7. The van der Waals surface area contributed by atoms with E-state index in [1.165, 1.54) is 19.4 Å². The van der Waals surface area contributed by atoms with Crippen molar-refractivity contribution in [3.05, 3.63) is 67.3 Å². The van der Waals surface area contributed by atoms with Gasteiger partial charge in [-0.15, -0.1) is 0 Å². The number of rotatable bonds is 8. The third kappa shape index (κ3) is 5.66. The van der Waals surface area contributed by atoms with E-state index in [0.29, 0.717) is 5.56 Å². The highest BCUT2D eigenvalue weighted by Crippen LogP contribution is 2.44. The van der Waals surface area contributed by atoms with Gasteiger partial charge in [-0.2, -0.15) is 0 Å². The van der Waals surface area contributed by atoms with E-state index >= 15 is 0 Å². The van der Waals surface area contributed by atoms with Crippen LogP contribution in [-0.4, -0.2) is 26.2 Å². The van der Waals surface area contributed by atoms with Crippen molar-refractivity contribution in [3.63, 3.8) is 0 Å². The van der Waals surface area contributed by atoms with Crippen LogP contribution in [0.2, 0.25) is 0 Å². The fraction of sp³-hybridized carbons (Fsp3) is 0.385. The van der Waals surface area contributed by atoms with Crippen LogP contribution < -0.4 is 5.63 Å². The molecule has 0 aliphatic rings. The van der Waals surface area contributed by atoms with Crippen molar-refractivity contribution >= 4 is 5.78 Å². The number of phenols is 3. The van der Waals surface area contributed by atoms with Crippen LogP contribution in [0.1, 0.15) is 78.9 Å². The monoisotopic (exact) mass is 456 g/mol. The number of aromatic hydroxyl groups is 4. The van der Waals surface area contributed by atoms with Crippen LogP contribution >= 0.6 is 0 Å². The maximum absolute atomic E-state index is 12.4. The quantitative estimate of drug-likeness (QED) is 0.321. The van der Waals surface area contributed by atoms with Crippen molar-refractivity contribution < 1.29 is 29.6 Å². The average molecular weight is 457 g/mol. The minimum absolute atomic E-state index is 0.0577. The summed E-state index contributed by atoms with van der Waals surface area (Å²) in [6.07, 6.45) is 5.31. The van der Waals surface area contributed by atoms with Gasteiger partial charge in [0.2, 0.25) is 0 Å². The van der Waals surface area contributed by atoms with E-state index in [9.17, 15) is 30.0 Å². The summed E-state index contributed by atoms with van der Waals surface area (Å²) in [4.78, 5) is 24.5. The number of benzene rings is 1. The van der Waals surface area contributed by atoms with Crippen LogP contribution in [0.25, 0.3) is 0 Å². The van der Waals surface area contributed by atoms with Gasteiger partial charge < -0.3 is 24.8 Å². The summed E-state index contributed by atoms with van der Waals surface area (Å²) in [5.74, 6) is -2.25. The van der Waals surface area contributed by atoms with Crippen molar-refractivity contribution in [1.82, 2.24) is 0 Å². The summed E-state index contributed by atoms with van der Waals surface area (Å²) < 4.78 is 5.13. The van der Waals surface area contributed by atoms with Gasteiger partial charge in [-0.1, -0.05) is 23.3 Å². The van der Waals surface area contributed by atoms with Crippen molar-refractivity contribution in [2.75, 3.05) is 0 Å². The molecule has 0 saturated heterocycles. The Morgan fingerprint density at radius 2 is 1.45 bits per heavy atom. The smallest absolute Gasteiger partial charge is 0.343 e. The molecule has 0 fully saturated rings. The molecule has 1 aromatic carbocycles. The molecule has 0 unspecified atom stereocenters. The Morgan fingerprint density at radius 1 is 0.848 bits per heavy atom. The lowest BCUT2D eigenvalue weighted by molar-refractivity contribution is 0.101. The van der Waals surface area contributed by atoms with E-state index in [1.807, 2.05) is 26.8 Å². The number of phenolic OH excluding ortho intramolecular Hbond substituents is 3.